The second-order valence-electron chi connectivity index (χ2n) is 5.18. The van der Waals surface area contributed by atoms with Crippen LogP contribution in [0.1, 0.15) is 11.6 Å². The largest absolute Gasteiger partial charge is 0.497 e. The van der Waals surface area contributed by atoms with Crippen LogP contribution in [0.25, 0.3) is 0 Å². The zero-order chi connectivity index (χ0) is 13.2. The third kappa shape index (κ3) is 2.27. The molecule has 102 valence electrons. The molecule has 0 radical (unpaired) electrons. The van der Waals surface area contributed by atoms with Crippen molar-refractivity contribution in [3.8, 4) is 5.75 Å². The molecule has 1 N–H and O–H groups in total. The minimum Gasteiger partial charge on any atom is -0.497 e. The standard InChI is InChI=1S/C15H20N2O2/c1-3-8-17-9-12-10-19-16-14(12)15(17)11-4-6-13(18-2)7-5-11/h3-7,12,14-16H,1,8-10H2,2H3/t12-,14+,15-/m0/s1. The van der Waals surface area contributed by atoms with E-state index in [4.69, 9.17) is 9.57 Å². The third-order valence-corrected chi connectivity index (χ3v) is 4.05. The Morgan fingerprint density at radius 3 is 2.95 bits per heavy atom. The number of hydroxylamine groups is 1. The normalized spacial score (nSPS) is 30.3. The van der Waals surface area contributed by atoms with Crippen molar-refractivity contribution in [1.82, 2.24) is 10.4 Å². The zero-order valence-electron chi connectivity index (χ0n) is 11.2. The first-order valence-corrected chi connectivity index (χ1v) is 6.69. The molecule has 2 aliphatic heterocycles. The van der Waals surface area contributed by atoms with Crippen LogP contribution in [0.4, 0.5) is 0 Å². The van der Waals surface area contributed by atoms with E-state index in [0.29, 0.717) is 18.0 Å². The fourth-order valence-electron chi connectivity index (χ4n) is 3.15. The highest BCUT2D eigenvalue weighted by Gasteiger charge is 2.45. The van der Waals surface area contributed by atoms with Crippen molar-refractivity contribution in [2.75, 3.05) is 26.8 Å². The first-order valence-electron chi connectivity index (χ1n) is 6.69. The summed E-state index contributed by atoms with van der Waals surface area (Å²) in [4.78, 5) is 7.87. The summed E-state index contributed by atoms with van der Waals surface area (Å²) < 4.78 is 5.22. The van der Waals surface area contributed by atoms with Gasteiger partial charge >= 0.3 is 0 Å². The van der Waals surface area contributed by atoms with Gasteiger partial charge in [0.25, 0.3) is 0 Å². The van der Waals surface area contributed by atoms with E-state index in [1.54, 1.807) is 7.11 Å². The van der Waals surface area contributed by atoms with Crippen molar-refractivity contribution in [2.45, 2.75) is 12.1 Å². The first-order chi connectivity index (χ1) is 9.33. The van der Waals surface area contributed by atoms with Gasteiger partial charge in [-0.25, -0.2) is 0 Å². The summed E-state index contributed by atoms with van der Waals surface area (Å²) in [6, 6.07) is 9.03. The number of fused-ring (bicyclic) bond motifs is 1. The van der Waals surface area contributed by atoms with Crippen molar-refractivity contribution >= 4 is 0 Å². The van der Waals surface area contributed by atoms with E-state index in [-0.39, 0.29) is 0 Å². The van der Waals surface area contributed by atoms with Gasteiger partial charge in [0, 0.05) is 19.0 Å². The minimum atomic E-state index is 0.344. The molecule has 0 aliphatic carbocycles. The Balaban J connectivity index is 1.87. The topological polar surface area (TPSA) is 33.7 Å². The monoisotopic (exact) mass is 260 g/mol. The quantitative estimate of drug-likeness (QED) is 0.836. The van der Waals surface area contributed by atoms with Gasteiger partial charge < -0.3 is 9.57 Å². The zero-order valence-corrected chi connectivity index (χ0v) is 11.2. The molecule has 0 spiro atoms. The van der Waals surface area contributed by atoms with Gasteiger partial charge in [-0.05, 0) is 17.7 Å². The number of benzene rings is 1. The molecule has 19 heavy (non-hydrogen) atoms. The van der Waals surface area contributed by atoms with Crippen LogP contribution in [-0.2, 0) is 4.84 Å². The van der Waals surface area contributed by atoms with Crippen LogP contribution in [0.2, 0.25) is 0 Å². The number of nitrogens with one attached hydrogen (secondary N) is 1. The molecule has 2 heterocycles. The summed E-state index contributed by atoms with van der Waals surface area (Å²) in [5.41, 5.74) is 4.48. The van der Waals surface area contributed by atoms with Crippen molar-refractivity contribution in [2.24, 2.45) is 5.92 Å². The van der Waals surface area contributed by atoms with Crippen LogP contribution in [-0.4, -0.2) is 37.7 Å². The van der Waals surface area contributed by atoms with E-state index < -0.39 is 0 Å². The average Bonchev–Trinajstić information content (AvgIpc) is 3.00. The van der Waals surface area contributed by atoms with Gasteiger partial charge in [0.2, 0.25) is 0 Å². The van der Waals surface area contributed by atoms with Gasteiger partial charge in [-0.3, -0.25) is 4.90 Å². The average molecular weight is 260 g/mol. The van der Waals surface area contributed by atoms with Crippen LogP contribution in [0.3, 0.4) is 0 Å². The van der Waals surface area contributed by atoms with Gasteiger partial charge in [0.1, 0.15) is 5.75 Å². The maximum Gasteiger partial charge on any atom is 0.118 e. The molecule has 0 amide bonds. The van der Waals surface area contributed by atoms with E-state index in [1.807, 2.05) is 18.2 Å². The lowest BCUT2D eigenvalue weighted by Gasteiger charge is -2.27. The summed E-state index contributed by atoms with van der Waals surface area (Å²) in [6.07, 6.45) is 1.97. The fraction of sp³-hybridized carbons (Fsp3) is 0.467. The maximum absolute atomic E-state index is 5.41. The molecule has 2 aliphatic rings. The van der Waals surface area contributed by atoms with Crippen LogP contribution in [0.5, 0.6) is 5.75 Å². The molecular formula is C15H20N2O2. The number of hydrogen-bond donors (Lipinski definition) is 1. The molecule has 1 aromatic rings. The lowest BCUT2D eigenvalue weighted by Crippen LogP contribution is -2.34. The minimum absolute atomic E-state index is 0.344. The second kappa shape index (κ2) is 5.33. The molecule has 3 rings (SSSR count). The van der Waals surface area contributed by atoms with Crippen LogP contribution < -0.4 is 10.2 Å². The highest BCUT2D eigenvalue weighted by Crippen LogP contribution is 2.38. The second-order valence-corrected chi connectivity index (χ2v) is 5.18. The molecule has 0 aromatic heterocycles. The van der Waals surface area contributed by atoms with Crippen molar-refractivity contribution in [3.63, 3.8) is 0 Å². The first kappa shape index (κ1) is 12.7. The number of rotatable bonds is 4. The SMILES string of the molecule is C=CCN1C[C@H]2CON[C@H]2[C@@H]1c1ccc(OC)cc1. The van der Waals surface area contributed by atoms with Crippen molar-refractivity contribution in [1.29, 1.82) is 0 Å². The molecular weight excluding hydrogens is 240 g/mol. The lowest BCUT2D eigenvalue weighted by molar-refractivity contribution is 0.0593. The molecule has 0 bridgehead atoms. The molecule has 1 aromatic carbocycles. The maximum atomic E-state index is 5.41. The predicted molar refractivity (Wildman–Crippen MR) is 73.9 cm³/mol. The lowest BCUT2D eigenvalue weighted by atomic mass is 9.95. The Morgan fingerprint density at radius 2 is 2.26 bits per heavy atom. The third-order valence-electron chi connectivity index (χ3n) is 4.05. The molecule has 2 saturated heterocycles. The van der Waals surface area contributed by atoms with Gasteiger partial charge in [-0.2, -0.15) is 5.48 Å². The van der Waals surface area contributed by atoms with Gasteiger partial charge in [0.15, 0.2) is 0 Å². The molecule has 0 unspecified atom stereocenters. The van der Waals surface area contributed by atoms with Crippen LogP contribution >= 0.6 is 0 Å². The summed E-state index contributed by atoms with van der Waals surface area (Å²) in [7, 11) is 1.69. The summed E-state index contributed by atoms with van der Waals surface area (Å²) >= 11 is 0. The summed E-state index contributed by atoms with van der Waals surface area (Å²) in [5.74, 6) is 1.45. The van der Waals surface area contributed by atoms with Gasteiger partial charge in [0.05, 0.1) is 25.8 Å². The Labute approximate surface area is 114 Å². The molecule has 2 fully saturated rings. The van der Waals surface area contributed by atoms with E-state index in [2.05, 4.69) is 29.1 Å². The number of methoxy groups -OCH3 is 1. The Kier molecular flexibility index (Phi) is 3.55. The number of nitrogens with zero attached hydrogens (tertiary/aromatic N) is 1. The van der Waals surface area contributed by atoms with Crippen LogP contribution in [0.15, 0.2) is 36.9 Å². The highest BCUT2D eigenvalue weighted by molar-refractivity contribution is 5.31. The van der Waals surface area contributed by atoms with Crippen molar-refractivity contribution in [3.05, 3.63) is 42.5 Å². The molecule has 4 heteroatoms. The van der Waals surface area contributed by atoms with E-state index >= 15 is 0 Å². The summed E-state index contributed by atoms with van der Waals surface area (Å²) in [6.45, 7) is 6.62. The molecule has 0 saturated carbocycles. The van der Waals surface area contributed by atoms with Gasteiger partial charge in [-0.1, -0.05) is 18.2 Å². The van der Waals surface area contributed by atoms with Gasteiger partial charge in [-0.15, -0.1) is 6.58 Å². The molecule has 4 nitrogen and oxygen atoms in total. The molecule has 3 atom stereocenters. The van der Waals surface area contributed by atoms with E-state index in [0.717, 1.165) is 25.4 Å². The Hall–Kier alpha value is -1.36. The van der Waals surface area contributed by atoms with E-state index in [9.17, 15) is 0 Å². The summed E-state index contributed by atoms with van der Waals surface area (Å²) in [5, 5.41) is 0. The van der Waals surface area contributed by atoms with Crippen molar-refractivity contribution < 1.29 is 9.57 Å². The highest BCUT2D eigenvalue weighted by atomic mass is 16.7. The van der Waals surface area contributed by atoms with E-state index in [1.165, 1.54) is 5.56 Å². The number of ether oxygens (including phenoxy) is 1. The number of likely N-dealkylation sites (tertiary alicyclic amines) is 1. The Bertz CT molecular complexity index is 446. The number of hydrogen-bond acceptors (Lipinski definition) is 4. The van der Waals surface area contributed by atoms with Crippen LogP contribution in [0, 0.1) is 5.92 Å². The smallest absolute Gasteiger partial charge is 0.118 e. The Morgan fingerprint density at radius 1 is 1.47 bits per heavy atom. The fourth-order valence-corrected chi connectivity index (χ4v) is 3.15. The predicted octanol–water partition coefficient (Wildman–Crippen LogP) is 1.76.